The standard InChI is InChI=1S/C21H27N3O5.ClH/c1-15-17-3-2-16(22-21(26)24-8-12-28-13-9-24)14-19(17)29-20(25)18(15)4-5-23-6-10-27-11-7-23;/h2-3,14H,4-13H2,1H3,(H,22,26);1H. The minimum atomic E-state index is -0.306. The van der Waals surface area contributed by atoms with Crippen LogP contribution in [0.15, 0.2) is 27.4 Å². The molecule has 2 fully saturated rings. The van der Waals surface area contributed by atoms with Crippen molar-refractivity contribution in [2.75, 3.05) is 64.5 Å². The zero-order chi connectivity index (χ0) is 20.2. The van der Waals surface area contributed by atoms with E-state index in [1.54, 1.807) is 11.0 Å². The third-order valence-corrected chi connectivity index (χ3v) is 5.62. The minimum absolute atomic E-state index is 0. The van der Waals surface area contributed by atoms with Gasteiger partial charge in [-0.1, -0.05) is 0 Å². The molecule has 0 unspecified atom stereocenters. The van der Waals surface area contributed by atoms with Crippen molar-refractivity contribution in [3.8, 4) is 0 Å². The van der Waals surface area contributed by atoms with Gasteiger partial charge in [0.15, 0.2) is 0 Å². The molecule has 2 aromatic rings. The maximum Gasteiger partial charge on any atom is 1.00 e. The van der Waals surface area contributed by atoms with Gasteiger partial charge in [-0.25, -0.2) is 9.59 Å². The van der Waals surface area contributed by atoms with E-state index in [1.165, 1.54) is 0 Å². The predicted molar refractivity (Wildman–Crippen MR) is 111 cm³/mol. The molecule has 8 nitrogen and oxygen atoms in total. The molecule has 0 spiro atoms. The van der Waals surface area contributed by atoms with Gasteiger partial charge in [0.05, 0.1) is 26.4 Å². The number of amides is 2. The summed E-state index contributed by atoms with van der Waals surface area (Å²) in [6, 6.07) is 5.29. The van der Waals surface area contributed by atoms with E-state index in [0.29, 0.717) is 49.6 Å². The number of halogens is 1. The SMILES string of the molecule is Cc1c(CCN2CCOCC2)c(=O)oc2cc(NC(=O)N3CCOCC3)ccc12.[Cl-].[H+]. The van der Waals surface area contributed by atoms with Gasteiger partial charge in [-0.05, 0) is 31.0 Å². The van der Waals surface area contributed by atoms with Crippen LogP contribution in [0.25, 0.3) is 11.0 Å². The van der Waals surface area contributed by atoms with Crippen LogP contribution >= 0.6 is 0 Å². The average Bonchev–Trinajstić information content (AvgIpc) is 2.75. The summed E-state index contributed by atoms with van der Waals surface area (Å²) in [4.78, 5) is 29.0. The van der Waals surface area contributed by atoms with Gasteiger partial charge in [0.25, 0.3) is 0 Å². The van der Waals surface area contributed by atoms with Crippen LogP contribution < -0.4 is 23.3 Å². The lowest BCUT2D eigenvalue weighted by atomic mass is 10.0. The molecular formula is C21H28ClN3O5. The summed E-state index contributed by atoms with van der Waals surface area (Å²) in [5.74, 6) is 0. The first-order chi connectivity index (χ1) is 14.1. The van der Waals surface area contributed by atoms with Crippen LogP contribution in [0.1, 0.15) is 12.6 Å². The first kappa shape index (κ1) is 22.6. The molecule has 2 saturated heterocycles. The lowest BCUT2D eigenvalue weighted by molar-refractivity contribution is -0.0000114. The second-order valence-electron chi connectivity index (χ2n) is 7.44. The monoisotopic (exact) mass is 437 g/mol. The number of carbonyl (C=O) groups is 1. The lowest BCUT2D eigenvalue weighted by Gasteiger charge is -2.27. The molecule has 30 heavy (non-hydrogen) atoms. The molecule has 3 heterocycles. The van der Waals surface area contributed by atoms with Crippen molar-refractivity contribution in [2.45, 2.75) is 13.3 Å². The summed E-state index contributed by atoms with van der Waals surface area (Å²) in [5, 5.41) is 3.77. The molecule has 1 N–H and O–H groups in total. The van der Waals surface area contributed by atoms with Crippen LogP contribution in [0.2, 0.25) is 0 Å². The van der Waals surface area contributed by atoms with Crippen LogP contribution in [0.3, 0.4) is 0 Å². The molecule has 0 bridgehead atoms. The van der Waals surface area contributed by atoms with Gasteiger partial charge in [0.1, 0.15) is 5.58 Å². The zero-order valence-corrected chi connectivity index (χ0v) is 17.9. The second kappa shape index (κ2) is 10.3. The fourth-order valence-electron chi connectivity index (χ4n) is 3.82. The Bertz CT molecular complexity index is 942. The van der Waals surface area contributed by atoms with E-state index in [1.807, 2.05) is 19.1 Å². The van der Waals surface area contributed by atoms with Gasteiger partial charge >= 0.3 is 13.1 Å². The normalized spacial score (nSPS) is 17.6. The maximum absolute atomic E-state index is 12.6. The van der Waals surface area contributed by atoms with Crippen LogP contribution in [0, 0.1) is 6.92 Å². The number of urea groups is 1. The lowest BCUT2D eigenvalue weighted by Crippen LogP contribution is -3.00. The molecule has 164 valence electrons. The molecule has 0 radical (unpaired) electrons. The second-order valence-corrected chi connectivity index (χ2v) is 7.44. The van der Waals surface area contributed by atoms with Crippen molar-refractivity contribution >= 4 is 22.7 Å². The first-order valence-corrected chi connectivity index (χ1v) is 10.1. The number of carbonyl (C=O) groups excluding carboxylic acids is 1. The Hall–Kier alpha value is -2.13. The Balaban J connectivity index is 0.00000171. The first-order valence-electron chi connectivity index (χ1n) is 10.1. The van der Waals surface area contributed by atoms with Crippen molar-refractivity contribution in [1.29, 1.82) is 0 Å². The number of morpholine rings is 2. The van der Waals surface area contributed by atoms with Crippen molar-refractivity contribution in [2.24, 2.45) is 0 Å². The van der Waals surface area contributed by atoms with Crippen molar-refractivity contribution in [3.63, 3.8) is 0 Å². The molecule has 2 amide bonds. The molecule has 1 aromatic carbocycles. The summed E-state index contributed by atoms with van der Waals surface area (Å²) < 4.78 is 16.2. The maximum atomic E-state index is 12.6. The number of nitrogens with zero attached hydrogens (tertiary/aromatic N) is 2. The van der Waals surface area contributed by atoms with Gasteiger partial charge in [0, 0.05) is 55.4 Å². The summed E-state index contributed by atoms with van der Waals surface area (Å²) in [5.41, 5.74) is 2.45. The number of rotatable bonds is 4. The number of fused-ring (bicyclic) bond motifs is 1. The number of ether oxygens (including phenoxy) is 2. The third kappa shape index (κ3) is 5.13. The van der Waals surface area contributed by atoms with E-state index in [2.05, 4.69) is 10.2 Å². The topological polar surface area (TPSA) is 84.2 Å². The Labute approximate surface area is 183 Å². The summed E-state index contributed by atoms with van der Waals surface area (Å²) in [6.45, 7) is 8.27. The molecule has 0 aliphatic carbocycles. The zero-order valence-electron chi connectivity index (χ0n) is 18.1. The third-order valence-electron chi connectivity index (χ3n) is 5.62. The summed E-state index contributed by atoms with van der Waals surface area (Å²) >= 11 is 0. The highest BCUT2D eigenvalue weighted by atomic mass is 35.5. The Morgan fingerprint density at radius 1 is 1.10 bits per heavy atom. The van der Waals surface area contributed by atoms with Gasteiger partial charge in [-0.2, -0.15) is 0 Å². The quantitative estimate of drug-likeness (QED) is 0.615. The summed E-state index contributed by atoms with van der Waals surface area (Å²) in [7, 11) is 0. The largest absolute Gasteiger partial charge is 1.00 e. The van der Waals surface area contributed by atoms with Crippen molar-refractivity contribution < 1.29 is 32.5 Å². The molecule has 4 rings (SSSR count). The minimum Gasteiger partial charge on any atom is -1.00 e. The van der Waals surface area contributed by atoms with Gasteiger partial charge in [-0.15, -0.1) is 0 Å². The number of anilines is 1. The fourth-order valence-corrected chi connectivity index (χ4v) is 3.82. The number of nitrogens with one attached hydrogen (secondary N) is 1. The number of hydrogen-bond donors (Lipinski definition) is 1. The van der Waals surface area contributed by atoms with E-state index in [0.717, 1.165) is 43.8 Å². The highest BCUT2D eigenvalue weighted by Crippen LogP contribution is 2.23. The smallest absolute Gasteiger partial charge is 1.00 e. The Morgan fingerprint density at radius 3 is 2.47 bits per heavy atom. The Morgan fingerprint density at radius 2 is 1.77 bits per heavy atom. The number of hydrogen-bond acceptors (Lipinski definition) is 6. The van der Waals surface area contributed by atoms with Crippen LogP contribution in [-0.2, 0) is 15.9 Å². The fraction of sp³-hybridized carbons (Fsp3) is 0.524. The van der Waals surface area contributed by atoms with Crippen LogP contribution in [0.4, 0.5) is 10.5 Å². The molecule has 9 heteroatoms. The van der Waals surface area contributed by atoms with Crippen molar-refractivity contribution in [3.05, 3.63) is 39.7 Å². The number of aryl methyl sites for hydroxylation is 1. The van der Waals surface area contributed by atoms with Crippen LogP contribution in [-0.4, -0.2) is 75.0 Å². The van der Waals surface area contributed by atoms with E-state index in [9.17, 15) is 9.59 Å². The average molecular weight is 438 g/mol. The van der Waals surface area contributed by atoms with Crippen molar-refractivity contribution in [1.82, 2.24) is 9.80 Å². The van der Waals surface area contributed by atoms with Gasteiger partial charge in [-0.3, -0.25) is 4.90 Å². The molecular weight excluding hydrogens is 410 g/mol. The molecule has 0 saturated carbocycles. The van der Waals surface area contributed by atoms with E-state index in [-0.39, 0.29) is 25.5 Å². The highest BCUT2D eigenvalue weighted by Gasteiger charge is 2.18. The Kier molecular flexibility index (Phi) is 7.71. The van der Waals surface area contributed by atoms with E-state index >= 15 is 0 Å². The number of benzene rings is 1. The van der Waals surface area contributed by atoms with Gasteiger partial charge < -0.3 is 36.5 Å². The van der Waals surface area contributed by atoms with E-state index in [4.69, 9.17) is 13.9 Å². The van der Waals surface area contributed by atoms with Crippen LogP contribution in [0.5, 0.6) is 0 Å². The highest BCUT2D eigenvalue weighted by molar-refractivity contribution is 5.92. The molecule has 0 atom stereocenters. The molecule has 1 aromatic heterocycles. The molecule has 2 aliphatic rings. The van der Waals surface area contributed by atoms with E-state index < -0.39 is 0 Å². The predicted octanol–water partition coefficient (Wildman–Crippen LogP) is -1.04. The molecule has 2 aliphatic heterocycles. The van der Waals surface area contributed by atoms with Gasteiger partial charge in [0.2, 0.25) is 0 Å². The summed E-state index contributed by atoms with van der Waals surface area (Å²) in [6.07, 6.45) is 0.652.